The zero-order valence-corrected chi connectivity index (χ0v) is 14.5. The lowest BCUT2D eigenvalue weighted by molar-refractivity contribution is -0.141. The monoisotopic (exact) mass is 350 g/mol. The summed E-state index contributed by atoms with van der Waals surface area (Å²) in [5.74, 6) is 0.366. The van der Waals surface area contributed by atoms with Crippen molar-refractivity contribution in [2.75, 3.05) is 7.11 Å². The largest absolute Gasteiger partial charge is 0.497 e. The molecule has 1 aromatic carbocycles. The third kappa shape index (κ3) is 2.37. The summed E-state index contributed by atoms with van der Waals surface area (Å²) in [7, 11) is 1.61. The fourth-order valence-electron chi connectivity index (χ4n) is 3.44. The molecule has 2 atom stereocenters. The van der Waals surface area contributed by atoms with Crippen molar-refractivity contribution in [1.29, 1.82) is 0 Å². The van der Waals surface area contributed by atoms with Gasteiger partial charge in [0.2, 0.25) is 0 Å². The maximum absolute atomic E-state index is 12.8. The summed E-state index contributed by atoms with van der Waals surface area (Å²) >= 11 is 0. The standard InChI is InChI=1S/C20H18N2O4/c1-12-15(7-6-13-4-3-5-14(10-13)26-2)21-17-8-9-20(19(24)25)11-16(20)22(17)18(12)23/h3-10,16H,11H2,1-2H3,(H,24,25)/b7-6+. The predicted molar refractivity (Wildman–Crippen MR) is 97.9 cm³/mol. The number of carboxylic acid groups (broad SMARTS) is 1. The highest BCUT2D eigenvalue weighted by Gasteiger charge is 2.62. The van der Waals surface area contributed by atoms with Crippen molar-refractivity contribution < 1.29 is 14.6 Å². The van der Waals surface area contributed by atoms with E-state index in [1.54, 1.807) is 32.3 Å². The van der Waals surface area contributed by atoms with Crippen LogP contribution in [-0.2, 0) is 4.79 Å². The van der Waals surface area contributed by atoms with E-state index in [0.717, 1.165) is 11.3 Å². The smallest absolute Gasteiger partial charge is 0.315 e. The highest BCUT2D eigenvalue weighted by Crippen LogP contribution is 2.59. The lowest BCUT2D eigenvalue weighted by atomic mass is 10.0. The van der Waals surface area contributed by atoms with Crippen LogP contribution in [0.1, 0.15) is 35.1 Å². The number of fused-ring (bicyclic) bond motifs is 3. The minimum Gasteiger partial charge on any atom is -0.497 e. The van der Waals surface area contributed by atoms with Crippen LogP contribution in [0.25, 0.3) is 18.2 Å². The van der Waals surface area contributed by atoms with E-state index in [1.165, 1.54) is 4.57 Å². The van der Waals surface area contributed by atoms with Gasteiger partial charge >= 0.3 is 5.97 Å². The van der Waals surface area contributed by atoms with Crippen LogP contribution in [0.15, 0.2) is 35.1 Å². The molecule has 2 aliphatic rings. The molecule has 2 unspecified atom stereocenters. The molecular weight excluding hydrogens is 332 g/mol. The molecule has 0 saturated heterocycles. The third-order valence-corrected chi connectivity index (χ3v) is 5.14. The number of hydrogen-bond acceptors (Lipinski definition) is 4. The summed E-state index contributed by atoms with van der Waals surface area (Å²) < 4.78 is 6.73. The lowest BCUT2D eigenvalue weighted by Gasteiger charge is -2.18. The third-order valence-electron chi connectivity index (χ3n) is 5.14. The molecule has 132 valence electrons. The van der Waals surface area contributed by atoms with E-state index in [2.05, 4.69) is 4.98 Å². The minimum absolute atomic E-state index is 0.183. The number of nitrogens with zero attached hydrogens (tertiary/aromatic N) is 2. The van der Waals surface area contributed by atoms with Crippen molar-refractivity contribution in [3.63, 3.8) is 0 Å². The molecule has 1 aliphatic heterocycles. The lowest BCUT2D eigenvalue weighted by Crippen LogP contribution is -2.31. The fraction of sp³-hybridized carbons (Fsp3) is 0.250. The number of ether oxygens (including phenoxy) is 1. The molecule has 4 rings (SSSR count). The van der Waals surface area contributed by atoms with Gasteiger partial charge in [-0.2, -0.15) is 0 Å². The number of benzene rings is 1. The SMILES string of the molecule is COc1cccc(/C=C/c2nc3n(c(=O)c2C)C2CC2(C(=O)O)C=C3)c1. The Balaban J connectivity index is 1.72. The summed E-state index contributed by atoms with van der Waals surface area (Å²) in [6.07, 6.45) is 7.41. The molecule has 0 amide bonds. The molecule has 6 heteroatoms. The molecule has 2 aromatic rings. The Bertz CT molecular complexity index is 1030. The van der Waals surface area contributed by atoms with Gasteiger partial charge in [0.05, 0.1) is 18.8 Å². The Morgan fingerprint density at radius 1 is 1.42 bits per heavy atom. The Kier molecular flexibility index (Phi) is 3.57. The molecular formula is C20H18N2O4. The van der Waals surface area contributed by atoms with Crippen LogP contribution < -0.4 is 10.3 Å². The van der Waals surface area contributed by atoms with Gasteiger partial charge in [-0.15, -0.1) is 0 Å². The number of hydrogen-bond donors (Lipinski definition) is 1. The van der Waals surface area contributed by atoms with Crippen LogP contribution in [-0.4, -0.2) is 27.7 Å². The molecule has 0 radical (unpaired) electrons. The average Bonchev–Trinajstić information content (AvgIpc) is 3.39. The Morgan fingerprint density at radius 3 is 2.96 bits per heavy atom. The number of carbonyl (C=O) groups is 1. The van der Waals surface area contributed by atoms with Crippen LogP contribution in [0.4, 0.5) is 0 Å². The van der Waals surface area contributed by atoms with E-state index < -0.39 is 11.4 Å². The Hall–Kier alpha value is -3.15. The zero-order chi connectivity index (χ0) is 18.5. The first-order valence-corrected chi connectivity index (χ1v) is 8.34. The van der Waals surface area contributed by atoms with Gasteiger partial charge < -0.3 is 9.84 Å². The summed E-state index contributed by atoms with van der Waals surface area (Å²) in [4.78, 5) is 28.8. The first kappa shape index (κ1) is 16.3. The van der Waals surface area contributed by atoms with Crippen molar-refractivity contribution >= 4 is 24.2 Å². The molecule has 2 heterocycles. The molecule has 1 aromatic heterocycles. The van der Waals surface area contributed by atoms with E-state index in [-0.39, 0.29) is 11.6 Å². The average molecular weight is 350 g/mol. The molecule has 26 heavy (non-hydrogen) atoms. The quantitative estimate of drug-likeness (QED) is 0.917. The van der Waals surface area contributed by atoms with Crippen LogP contribution in [0.5, 0.6) is 5.75 Å². The van der Waals surface area contributed by atoms with E-state index in [1.807, 2.05) is 30.3 Å². The summed E-state index contributed by atoms with van der Waals surface area (Å²) in [6, 6.07) is 7.24. The molecule has 1 saturated carbocycles. The second-order valence-electron chi connectivity index (χ2n) is 6.66. The maximum Gasteiger partial charge on any atom is 0.315 e. The minimum atomic E-state index is -0.942. The Labute approximate surface area is 150 Å². The molecule has 1 fully saturated rings. The van der Waals surface area contributed by atoms with Crippen LogP contribution in [0.3, 0.4) is 0 Å². The number of carboxylic acids is 1. The first-order chi connectivity index (χ1) is 12.5. The summed E-state index contributed by atoms with van der Waals surface area (Å²) in [5, 5.41) is 9.42. The maximum atomic E-state index is 12.8. The van der Waals surface area contributed by atoms with Crippen molar-refractivity contribution in [3.8, 4) is 5.75 Å². The Morgan fingerprint density at radius 2 is 2.23 bits per heavy atom. The highest BCUT2D eigenvalue weighted by atomic mass is 16.5. The zero-order valence-electron chi connectivity index (χ0n) is 14.5. The van der Waals surface area contributed by atoms with Gasteiger partial charge in [-0.1, -0.05) is 24.3 Å². The highest BCUT2D eigenvalue weighted by molar-refractivity contribution is 5.84. The number of aromatic nitrogens is 2. The van der Waals surface area contributed by atoms with Crippen LogP contribution in [0, 0.1) is 12.3 Å². The van der Waals surface area contributed by atoms with Gasteiger partial charge in [0.1, 0.15) is 17.0 Å². The van der Waals surface area contributed by atoms with E-state index in [4.69, 9.17) is 4.74 Å². The molecule has 1 N–H and O–H groups in total. The summed E-state index contributed by atoms with van der Waals surface area (Å²) in [6.45, 7) is 1.72. The van der Waals surface area contributed by atoms with Gasteiger partial charge in [0.25, 0.3) is 5.56 Å². The van der Waals surface area contributed by atoms with Gasteiger partial charge in [-0.05, 0) is 43.2 Å². The van der Waals surface area contributed by atoms with Crippen molar-refractivity contribution in [2.24, 2.45) is 5.41 Å². The van der Waals surface area contributed by atoms with Gasteiger partial charge in [0.15, 0.2) is 0 Å². The summed E-state index contributed by atoms with van der Waals surface area (Å²) in [5.41, 5.74) is 0.901. The van der Waals surface area contributed by atoms with Gasteiger partial charge in [-0.25, -0.2) is 4.98 Å². The second kappa shape index (κ2) is 5.69. The number of methoxy groups -OCH3 is 1. The topological polar surface area (TPSA) is 81.4 Å². The van der Waals surface area contributed by atoms with Crippen molar-refractivity contribution in [2.45, 2.75) is 19.4 Å². The van der Waals surface area contributed by atoms with E-state index in [9.17, 15) is 14.7 Å². The molecule has 1 aliphatic carbocycles. The van der Waals surface area contributed by atoms with Crippen LogP contribution >= 0.6 is 0 Å². The van der Waals surface area contributed by atoms with Gasteiger partial charge in [-0.3, -0.25) is 14.2 Å². The van der Waals surface area contributed by atoms with Gasteiger partial charge in [0, 0.05) is 5.56 Å². The predicted octanol–water partition coefficient (Wildman–Crippen LogP) is 2.77. The molecule has 0 spiro atoms. The van der Waals surface area contributed by atoms with Crippen molar-refractivity contribution in [3.05, 3.63) is 63.3 Å². The van der Waals surface area contributed by atoms with E-state index in [0.29, 0.717) is 23.5 Å². The first-order valence-electron chi connectivity index (χ1n) is 8.34. The molecule has 6 nitrogen and oxygen atoms in total. The normalized spacial score (nSPS) is 22.8. The second-order valence-corrected chi connectivity index (χ2v) is 6.66. The van der Waals surface area contributed by atoms with E-state index >= 15 is 0 Å². The number of aliphatic carboxylic acids is 1. The van der Waals surface area contributed by atoms with Crippen molar-refractivity contribution in [1.82, 2.24) is 9.55 Å². The number of rotatable bonds is 4. The fourth-order valence-corrected chi connectivity index (χ4v) is 3.44. The molecule has 0 bridgehead atoms. The van der Waals surface area contributed by atoms with Crippen LogP contribution in [0.2, 0.25) is 0 Å².